The molecule has 1 N–H and O–H groups in total. The number of hydrogen-bond donors (Lipinski definition) is 1. The number of aromatic nitrogens is 4. The first-order valence-electron chi connectivity index (χ1n) is 12.4. The third-order valence-corrected chi connectivity index (χ3v) is 7.46. The van der Waals surface area contributed by atoms with Gasteiger partial charge in [0.05, 0.1) is 29.4 Å². The summed E-state index contributed by atoms with van der Waals surface area (Å²) in [5, 5.41) is 9.69. The van der Waals surface area contributed by atoms with Crippen molar-refractivity contribution >= 4 is 22.2 Å². The Bertz CT molecular complexity index is 1650. The van der Waals surface area contributed by atoms with Crippen LogP contribution in [0.4, 0.5) is 0 Å². The second-order valence-corrected chi connectivity index (χ2v) is 10.0. The molecule has 3 heterocycles. The van der Waals surface area contributed by atoms with Crippen LogP contribution in [0.2, 0.25) is 0 Å². The number of fused-ring (bicyclic) bond motifs is 1. The number of amides is 1. The van der Waals surface area contributed by atoms with Crippen molar-refractivity contribution in [2.24, 2.45) is 0 Å². The maximum Gasteiger partial charge on any atom is 0.268 e. The molecule has 7 nitrogen and oxygen atoms in total. The highest BCUT2D eigenvalue weighted by atomic mass is 32.1. The molecule has 3 aromatic heterocycles. The Balaban J connectivity index is 1.50. The Morgan fingerprint density at radius 1 is 1.08 bits per heavy atom. The number of hydrogen-bond acceptors (Lipinski definition) is 5. The van der Waals surface area contributed by atoms with Crippen LogP contribution in [0.1, 0.15) is 48.1 Å². The summed E-state index contributed by atoms with van der Waals surface area (Å²) in [6.07, 6.45) is 0.960. The van der Waals surface area contributed by atoms with E-state index in [0.29, 0.717) is 27.6 Å². The minimum atomic E-state index is -0.212. The largest absolute Gasteiger partial charge is 0.349 e. The molecule has 1 amide bonds. The minimum absolute atomic E-state index is 0.0819. The van der Waals surface area contributed by atoms with Gasteiger partial charge in [0.25, 0.3) is 5.56 Å². The molecule has 5 rings (SSSR count). The maximum absolute atomic E-state index is 13.8. The summed E-state index contributed by atoms with van der Waals surface area (Å²) in [4.78, 5) is 31.9. The number of nitrogens with one attached hydrogen (secondary N) is 1. The molecule has 5 aromatic rings. The van der Waals surface area contributed by atoms with E-state index in [1.807, 2.05) is 85.4 Å². The summed E-state index contributed by atoms with van der Waals surface area (Å²) in [6.45, 7) is 7.88. The Hall–Kier alpha value is -4.04. The van der Waals surface area contributed by atoms with Crippen LogP contribution < -0.4 is 10.9 Å². The van der Waals surface area contributed by atoms with Crippen molar-refractivity contribution in [1.29, 1.82) is 0 Å². The van der Waals surface area contributed by atoms with Gasteiger partial charge in [0, 0.05) is 16.8 Å². The predicted molar refractivity (Wildman–Crippen MR) is 147 cm³/mol. The Kier molecular flexibility index (Phi) is 6.76. The lowest BCUT2D eigenvalue weighted by Crippen LogP contribution is -2.29. The first-order valence-corrected chi connectivity index (χ1v) is 13.2. The monoisotopic (exact) mass is 511 g/mol. The van der Waals surface area contributed by atoms with Gasteiger partial charge in [-0.2, -0.15) is 5.10 Å². The predicted octanol–water partition coefficient (Wildman–Crippen LogP) is 5.21. The fourth-order valence-electron chi connectivity index (χ4n) is 4.66. The molecule has 0 radical (unpaired) electrons. The molecule has 2 aromatic carbocycles. The zero-order chi connectivity index (χ0) is 26.1. The fourth-order valence-corrected chi connectivity index (χ4v) is 5.59. The quantitative estimate of drug-likeness (QED) is 0.325. The van der Waals surface area contributed by atoms with E-state index in [4.69, 9.17) is 10.1 Å². The van der Waals surface area contributed by atoms with Gasteiger partial charge >= 0.3 is 0 Å². The minimum Gasteiger partial charge on any atom is -0.349 e. The van der Waals surface area contributed by atoms with Gasteiger partial charge in [-0.15, -0.1) is 11.3 Å². The van der Waals surface area contributed by atoms with Crippen LogP contribution in [0.3, 0.4) is 0 Å². The molecule has 1 atom stereocenters. The molecule has 0 aliphatic rings. The summed E-state index contributed by atoms with van der Waals surface area (Å²) < 4.78 is 3.43. The van der Waals surface area contributed by atoms with Crippen molar-refractivity contribution in [3.05, 3.63) is 105 Å². The lowest BCUT2D eigenvalue weighted by atomic mass is 10.1. The van der Waals surface area contributed by atoms with Crippen LogP contribution in [-0.2, 0) is 17.6 Å². The fraction of sp³-hybridized carbons (Fsp3) is 0.241. The molecular formula is C29H29N5O2S. The summed E-state index contributed by atoms with van der Waals surface area (Å²) in [7, 11) is 0. The first-order chi connectivity index (χ1) is 17.9. The second kappa shape index (κ2) is 10.1. The van der Waals surface area contributed by atoms with E-state index in [1.165, 1.54) is 16.9 Å². The van der Waals surface area contributed by atoms with Crippen molar-refractivity contribution in [3.8, 4) is 16.9 Å². The number of benzene rings is 2. The SMILES string of the molecule is CCc1ccccc1-n1nc(-c2c(C)nc3scc(CC(=O)N[C@@H](C)c4ccccc4)n3c2=O)cc1C. The maximum atomic E-state index is 13.8. The van der Waals surface area contributed by atoms with Crippen LogP contribution in [0, 0.1) is 13.8 Å². The molecule has 0 aliphatic heterocycles. The number of nitrogens with zero attached hydrogens (tertiary/aromatic N) is 4. The van der Waals surface area contributed by atoms with Gasteiger partial charge in [-0.1, -0.05) is 55.5 Å². The van der Waals surface area contributed by atoms with E-state index in [-0.39, 0.29) is 23.9 Å². The molecule has 0 fully saturated rings. The van der Waals surface area contributed by atoms with Crippen LogP contribution in [0.5, 0.6) is 0 Å². The molecule has 0 saturated heterocycles. The van der Waals surface area contributed by atoms with Crippen molar-refractivity contribution in [1.82, 2.24) is 24.5 Å². The van der Waals surface area contributed by atoms with Crippen LogP contribution in [0.15, 0.2) is 70.8 Å². The zero-order valence-electron chi connectivity index (χ0n) is 21.4. The lowest BCUT2D eigenvalue weighted by molar-refractivity contribution is -0.121. The van der Waals surface area contributed by atoms with E-state index in [9.17, 15) is 9.59 Å². The topological polar surface area (TPSA) is 81.3 Å². The second-order valence-electron chi connectivity index (χ2n) is 9.16. The van der Waals surface area contributed by atoms with Crippen molar-refractivity contribution < 1.29 is 4.79 Å². The number of para-hydroxylation sites is 1. The molecule has 0 spiro atoms. The summed E-state index contributed by atoms with van der Waals surface area (Å²) in [6, 6.07) is 19.7. The third kappa shape index (κ3) is 4.72. The highest BCUT2D eigenvalue weighted by Gasteiger charge is 2.21. The average molecular weight is 512 g/mol. The van der Waals surface area contributed by atoms with Gasteiger partial charge in [-0.25, -0.2) is 9.67 Å². The molecule has 0 unspecified atom stereocenters. The molecule has 188 valence electrons. The van der Waals surface area contributed by atoms with Crippen molar-refractivity contribution in [2.75, 3.05) is 0 Å². The van der Waals surface area contributed by atoms with Gasteiger partial charge in [0.2, 0.25) is 5.91 Å². The number of aryl methyl sites for hydroxylation is 3. The van der Waals surface area contributed by atoms with Gasteiger partial charge in [-0.05, 0) is 50.5 Å². The van der Waals surface area contributed by atoms with Crippen molar-refractivity contribution in [2.45, 2.75) is 46.6 Å². The van der Waals surface area contributed by atoms with E-state index in [1.54, 1.807) is 4.40 Å². The van der Waals surface area contributed by atoms with E-state index < -0.39 is 0 Å². The molecule has 8 heteroatoms. The van der Waals surface area contributed by atoms with E-state index in [2.05, 4.69) is 18.3 Å². The molecule has 0 bridgehead atoms. The summed E-state index contributed by atoms with van der Waals surface area (Å²) in [5.41, 5.74) is 6.18. The van der Waals surface area contributed by atoms with Gasteiger partial charge in [-0.3, -0.25) is 14.0 Å². The number of carbonyl (C=O) groups is 1. The first kappa shape index (κ1) is 24.6. The van der Waals surface area contributed by atoms with Gasteiger partial charge in [0.15, 0.2) is 4.96 Å². The lowest BCUT2D eigenvalue weighted by Gasteiger charge is -2.14. The smallest absolute Gasteiger partial charge is 0.268 e. The van der Waals surface area contributed by atoms with Gasteiger partial charge < -0.3 is 5.32 Å². The third-order valence-electron chi connectivity index (χ3n) is 6.58. The number of rotatable bonds is 7. The molecule has 37 heavy (non-hydrogen) atoms. The summed E-state index contributed by atoms with van der Waals surface area (Å²) in [5.74, 6) is -0.152. The molecule has 0 saturated carbocycles. The molecule has 0 aliphatic carbocycles. The van der Waals surface area contributed by atoms with Crippen molar-refractivity contribution in [3.63, 3.8) is 0 Å². The standard InChI is InChI=1S/C29H29N5O2S/c1-5-21-11-9-10-14-25(21)34-18(2)15-24(32-34)27-20(4)31-29-33(28(27)36)23(17-37-29)16-26(35)30-19(3)22-12-7-6-8-13-22/h6-15,17,19H,5,16H2,1-4H3,(H,30,35)/t19-/m0/s1. The highest BCUT2D eigenvalue weighted by molar-refractivity contribution is 7.15. The van der Waals surface area contributed by atoms with E-state index in [0.717, 1.165) is 23.4 Å². The summed E-state index contributed by atoms with van der Waals surface area (Å²) >= 11 is 1.36. The Morgan fingerprint density at radius 2 is 1.81 bits per heavy atom. The van der Waals surface area contributed by atoms with Gasteiger partial charge in [0.1, 0.15) is 5.69 Å². The van der Waals surface area contributed by atoms with E-state index >= 15 is 0 Å². The van der Waals surface area contributed by atoms with Crippen LogP contribution in [0.25, 0.3) is 21.9 Å². The van der Waals surface area contributed by atoms with Crippen LogP contribution in [-0.4, -0.2) is 25.1 Å². The zero-order valence-corrected chi connectivity index (χ0v) is 22.2. The number of thiazole rings is 1. The molecular weight excluding hydrogens is 482 g/mol. The Labute approximate surface area is 219 Å². The number of carbonyl (C=O) groups excluding carboxylic acids is 1. The Morgan fingerprint density at radius 3 is 2.57 bits per heavy atom. The highest BCUT2D eigenvalue weighted by Crippen LogP contribution is 2.25. The normalized spacial score (nSPS) is 12.1. The average Bonchev–Trinajstić information content (AvgIpc) is 3.47. The van der Waals surface area contributed by atoms with Crippen LogP contribution >= 0.6 is 11.3 Å².